The molecule has 0 spiro atoms. The highest BCUT2D eigenvalue weighted by atomic mass is 16.4. The zero-order valence-electron chi connectivity index (χ0n) is 17.0. The van der Waals surface area contributed by atoms with E-state index in [1.165, 1.54) is 0 Å². The highest BCUT2D eigenvalue weighted by Gasteiger charge is 2.28. The Kier molecular flexibility index (Phi) is 5.25. The molecule has 0 bridgehead atoms. The van der Waals surface area contributed by atoms with Gasteiger partial charge in [0.25, 0.3) is 0 Å². The molecule has 4 rings (SSSR count). The fourth-order valence-electron chi connectivity index (χ4n) is 3.54. The van der Waals surface area contributed by atoms with Gasteiger partial charge in [0.15, 0.2) is 0 Å². The second kappa shape index (κ2) is 7.84. The van der Waals surface area contributed by atoms with Gasteiger partial charge in [-0.15, -0.1) is 5.10 Å². The molecule has 9 nitrogen and oxygen atoms in total. The van der Waals surface area contributed by atoms with Crippen molar-refractivity contribution in [2.24, 2.45) is 0 Å². The molecule has 2 unspecified atom stereocenters. The van der Waals surface area contributed by atoms with Crippen LogP contribution in [0.4, 0.5) is 6.01 Å². The van der Waals surface area contributed by atoms with Gasteiger partial charge in [0.05, 0.1) is 0 Å². The highest BCUT2D eigenvalue weighted by Crippen LogP contribution is 2.31. The first kappa shape index (κ1) is 19.4. The van der Waals surface area contributed by atoms with Gasteiger partial charge in [0.2, 0.25) is 11.8 Å². The number of H-pyrrole nitrogens is 1. The minimum Gasteiger partial charge on any atom is -0.403 e. The minimum atomic E-state index is -0.269. The molecule has 3 heterocycles. The molecule has 29 heavy (non-hydrogen) atoms. The molecule has 1 aliphatic heterocycles. The molecular formula is C20H27N7O2. The molecule has 2 aromatic heterocycles. The Balaban J connectivity index is 1.63. The standard InChI is InChI=1S/C20H27N7O2/c1-10(2)22-19-24-16(8-17(28)25-19)14-9-21-15-6-5-12(7-13(14)15)18-26-27-20(29-18)23-11(3)4/h5-7,9-11,16,19,21-22,24H,8H2,1-4H3,(H,23,27)(H,25,28). The van der Waals surface area contributed by atoms with Gasteiger partial charge in [-0.2, -0.15) is 0 Å². The number of nitrogens with one attached hydrogen (secondary N) is 5. The summed E-state index contributed by atoms with van der Waals surface area (Å²) < 4.78 is 5.74. The van der Waals surface area contributed by atoms with Crippen LogP contribution in [0.5, 0.6) is 0 Å². The molecule has 1 aliphatic rings. The average molecular weight is 397 g/mol. The minimum absolute atomic E-state index is 0.0127. The predicted octanol–water partition coefficient (Wildman–Crippen LogP) is 2.47. The molecule has 1 aromatic carbocycles. The van der Waals surface area contributed by atoms with Crippen LogP contribution in [0.2, 0.25) is 0 Å². The molecule has 2 atom stereocenters. The first-order valence-corrected chi connectivity index (χ1v) is 9.92. The molecule has 5 N–H and O–H groups in total. The number of hydrogen-bond donors (Lipinski definition) is 5. The lowest BCUT2D eigenvalue weighted by Crippen LogP contribution is -2.61. The van der Waals surface area contributed by atoms with Gasteiger partial charge in [0.1, 0.15) is 6.29 Å². The summed E-state index contributed by atoms with van der Waals surface area (Å²) in [6.45, 7) is 8.11. The van der Waals surface area contributed by atoms with E-state index in [1.54, 1.807) is 0 Å². The maximum absolute atomic E-state index is 12.2. The van der Waals surface area contributed by atoms with Crippen LogP contribution in [0.1, 0.15) is 45.7 Å². The first-order chi connectivity index (χ1) is 13.9. The summed E-state index contributed by atoms with van der Waals surface area (Å²) >= 11 is 0. The van der Waals surface area contributed by atoms with Crippen molar-refractivity contribution in [3.63, 3.8) is 0 Å². The Bertz CT molecular complexity index is 1010. The third kappa shape index (κ3) is 4.25. The number of rotatable bonds is 6. The number of carbonyl (C=O) groups excluding carboxylic acids is 1. The molecule has 0 aliphatic carbocycles. The van der Waals surface area contributed by atoms with Gasteiger partial charge in [-0.25, -0.2) is 0 Å². The number of carbonyl (C=O) groups is 1. The van der Waals surface area contributed by atoms with Gasteiger partial charge in [-0.3, -0.25) is 15.4 Å². The quantitative estimate of drug-likeness (QED) is 0.433. The smallest absolute Gasteiger partial charge is 0.315 e. The van der Waals surface area contributed by atoms with Crippen LogP contribution in [0.15, 0.2) is 28.8 Å². The number of fused-ring (bicyclic) bond motifs is 1. The summed E-state index contributed by atoms with van der Waals surface area (Å²) in [6, 6.07) is 6.69. The van der Waals surface area contributed by atoms with Crippen LogP contribution in [-0.2, 0) is 4.79 Å². The largest absolute Gasteiger partial charge is 0.403 e. The molecule has 154 valence electrons. The fraction of sp³-hybridized carbons (Fsp3) is 0.450. The molecule has 1 fully saturated rings. The van der Waals surface area contributed by atoms with Gasteiger partial charge >= 0.3 is 6.01 Å². The van der Waals surface area contributed by atoms with Crippen molar-refractivity contribution < 1.29 is 9.21 Å². The molecule has 9 heteroatoms. The number of aromatic amines is 1. The van der Waals surface area contributed by atoms with Crippen molar-refractivity contribution in [2.75, 3.05) is 5.32 Å². The molecule has 3 aromatic rings. The normalized spacial score (nSPS) is 19.9. The van der Waals surface area contributed by atoms with Crippen molar-refractivity contribution in [1.82, 2.24) is 31.1 Å². The SMILES string of the molecule is CC(C)Nc1nnc(-c2ccc3[nH]cc(C4CC(=O)NC(NC(C)C)N4)c3c2)o1. The maximum atomic E-state index is 12.2. The van der Waals surface area contributed by atoms with E-state index in [4.69, 9.17) is 4.42 Å². The van der Waals surface area contributed by atoms with Gasteiger partial charge in [-0.1, -0.05) is 5.10 Å². The second-order valence-corrected chi connectivity index (χ2v) is 7.96. The molecule has 0 radical (unpaired) electrons. The van der Waals surface area contributed by atoms with E-state index < -0.39 is 0 Å². The number of nitrogens with zero attached hydrogens (tertiary/aromatic N) is 2. The Hall–Kier alpha value is -2.91. The summed E-state index contributed by atoms with van der Waals surface area (Å²) in [4.78, 5) is 15.5. The van der Waals surface area contributed by atoms with Gasteiger partial charge < -0.3 is 20.0 Å². The van der Waals surface area contributed by atoms with Crippen LogP contribution in [0.3, 0.4) is 0 Å². The Labute approximate surface area is 169 Å². The summed E-state index contributed by atoms with van der Waals surface area (Å²) in [5, 5.41) is 22.0. The Morgan fingerprint density at radius 2 is 2.00 bits per heavy atom. The molecule has 1 amide bonds. The van der Waals surface area contributed by atoms with Crippen molar-refractivity contribution in [1.29, 1.82) is 0 Å². The van der Waals surface area contributed by atoms with E-state index in [1.807, 2.05) is 52.1 Å². The fourth-order valence-corrected chi connectivity index (χ4v) is 3.54. The van der Waals surface area contributed by atoms with Crippen molar-refractivity contribution in [2.45, 2.75) is 58.5 Å². The van der Waals surface area contributed by atoms with Gasteiger partial charge in [0, 0.05) is 47.2 Å². The van der Waals surface area contributed by atoms with Crippen LogP contribution < -0.4 is 21.3 Å². The number of hydrogen-bond acceptors (Lipinski definition) is 7. The maximum Gasteiger partial charge on any atom is 0.315 e. The number of amides is 1. The van der Waals surface area contributed by atoms with Crippen LogP contribution in [0, 0.1) is 0 Å². The van der Waals surface area contributed by atoms with Gasteiger partial charge in [-0.05, 0) is 51.5 Å². The topological polar surface area (TPSA) is 120 Å². The summed E-state index contributed by atoms with van der Waals surface area (Å²) in [7, 11) is 0. The number of aromatic nitrogens is 3. The monoisotopic (exact) mass is 397 g/mol. The van der Waals surface area contributed by atoms with Crippen molar-refractivity contribution >= 4 is 22.8 Å². The Morgan fingerprint density at radius 3 is 2.76 bits per heavy atom. The molecular weight excluding hydrogens is 370 g/mol. The van der Waals surface area contributed by atoms with E-state index in [9.17, 15) is 4.79 Å². The first-order valence-electron chi connectivity index (χ1n) is 9.92. The number of benzene rings is 1. The van der Waals surface area contributed by atoms with E-state index in [0.29, 0.717) is 18.3 Å². The molecule has 1 saturated heterocycles. The lowest BCUT2D eigenvalue weighted by Gasteiger charge is -2.33. The lowest BCUT2D eigenvalue weighted by atomic mass is 9.99. The lowest BCUT2D eigenvalue weighted by molar-refractivity contribution is -0.125. The summed E-state index contributed by atoms with van der Waals surface area (Å²) in [5.41, 5.74) is 2.86. The van der Waals surface area contributed by atoms with Crippen LogP contribution >= 0.6 is 0 Å². The van der Waals surface area contributed by atoms with E-state index >= 15 is 0 Å². The van der Waals surface area contributed by atoms with E-state index in [0.717, 1.165) is 22.0 Å². The average Bonchev–Trinajstić information content (AvgIpc) is 3.26. The third-order valence-corrected chi connectivity index (χ3v) is 4.74. The van der Waals surface area contributed by atoms with Crippen LogP contribution in [-0.4, -0.2) is 39.5 Å². The van der Waals surface area contributed by atoms with E-state index in [-0.39, 0.29) is 30.3 Å². The van der Waals surface area contributed by atoms with Crippen molar-refractivity contribution in [3.05, 3.63) is 30.0 Å². The third-order valence-electron chi connectivity index (χ3n) is 4.74. The zero-order chi connectivity index (χ0) is 20.5. The number of anilines is 1. The van der Waals surface area contributed by atoms with Crippen molar-refractivity contribution in [3.8, 4) is 11.5 Å². The zero-order valence-corrected chi connectivity index (χ0v) is 17.0. The van der Waals surface area contributed by atoms with E-state index in [2.05, 4.69) is 36.4 Å². The van der Waals surface area contributed by atoms with Crippen LogP contribution in [0.25, 0.3) is 22.4 Å². The second-order valence-electron chi connectivity index (χ2n) is 7.96. The predicted molar refractivity (Wildman–Crippen MR) is 111 cm³/mol. The molecule has 0 saturated carbocycles. The summed E-state index contributed by atoms with van der Waals surface area (Å²) in [5.74, 6) is 0.467. The summed E-state index contributed by atoms with van der Waals surface area (Å²) in [6.07, 6.45) is 2.06. The Morgan fingerprint density at radius 1 is 1.17 bits per heavy atom. The highest BCUT2D eigenvalue weighted by molar-refractivity contribution is 5.88.